The molecule has 1 saturated heterocycles. The zero-order valence-electron chi connectivity index (χ0n) is 10.5. The maximum absolute atomic E-state index is 12.6. The molecule has 0 spiro atoms. The van der Waals surface area contributed by atoms with Crippen molar-refractivity contribution >= 4 is 11.8 Å². The van der Waals surface area contributed by atoms with Gasteiger partial charge in [-0.3, -0.25) is 0 Å². The summed E-state index contributed by atoms with van der Waals surface area (Å²) in [7, 11) is 1.98. The molecule has 106 valence electrons. The van der Waals surface area contributed by atoms with E-state index < -0.39 is 11.9 Å². The van der Waals surface area contributed by atoms with E-state index >= 15 is 0 Å². The quantitative estimate of drug-likeness (QED) is 0.858. The lowest BCUT2D eigenvalue weighted by molar-refractivity contribution is -0.141. The minimum atomic E-state index is -4.52. The van der Waals surface area contributed by atoms with E-state index in [-0.39, 0.29) is 17.8 Å². The molecule has 1 atom stereocenters. The van der Waals surface area contributed by atoms with Gasteiger partial charge < -0.3 is 16.0 Å². The third-order valence-corrected chi connectivity index (χ3v) is 3.01. The van der Waals surface area contributed by atoms with Crippen molar-refractivity contribution < 1.29 is 13.2 Å². The van der Waals surface area contributed by atoms with Crippen molar-refractivity contribution in [2.24, 2.45) is 0 Å². The van der Waals surface area contributed by atoms with Crippen molar-refractivity contribution in [3.8, 4) is 0 Å². The van der Waals surface area contributed by atoms with E-state index in [1.807, 2.05) is 7.05 Å². The van der Waals surface area contributed by atoms with Crippen LogP contribution in [0.1, 0.15) is 18.5 Å². The highest BCUT2D eigenvalue weighted by Crippen LogP contribution is 2.29. The predicted octanol–water partition coefficient (Wildman–Crippen LogP) is 1.58. The summed E-state index contributed by atoms with van der Waals surface area (Å²) in [6, 6.07) is 0.972. The lowest BCUT2D eigenvalue weighted by atomic mass is 10.1. The number of halogens is 3. The van der Waals surface area contributed by atoms with Crippen LogP contribution in [0, 0.1) is 0 Å². The highest BCUT2D eigenvalue weighted by atomic mass is 19.4. The van der Waals surface area contributed by atoms with Gasteiger partial charge in [0.2, 0.25) is 5.95 Å². The number of likely N-dealkylation sites (N-methyl/N-ethyl adjacent to an activating group) is 1. The van der Waals surface area contributed by atoms with E-state index in [1.54, 1.807) is 0 Å². The van der Waals surface area contributed by atoms with Crippen molar-refractivity contribution in [1.29, 1.82) is 0 Å². The van der Waals surface area contributed by atoms with Gasteiger partial charge >= 0.3 is 6.18 Å². The van der Waals surface area contributed by atoms with Gasteiger partial charge in [-0.05, 0) is 26.4 Å². The molecule has 0 amide bonds. The molecule has 0 bridgehead atoms. The minimum absolute atomic E-state index is 0.0779. The first-order chi connectivity index (χ1) is 8.84. The molecule has 1 aliphatic heterocycles. The minimum Gasteiger partial charge on any atom is -0.368 e. The highest BCUT2D eigenvalue weighted by molar-refractivity contribution is 5.42. The number of nitrogens with two attached hydrogens (primary N) is 1. The van der Waals surface area contributed by atoms with Gasteiger partial charge in [0.1, 0.15) is 5.82 Å². The topological polar surface area (TPSA) is 67.1 Å². The first-order valence-corrected chi connectivity index (χ1v) is 6.01. The van der Waals surface area contributed by atoms with Gasteiger partial charge in [0, 0.05) is 18.7 Å². The molecule has 1 unspecified atom stereocenters. The van der Waals surface area contributed by atoms with Crippen molar-refractivity contribution in [3.05, 3.63) is 11.8 Å². The Balaban J connectivity index is 2.14. The number of aromatic nitrogens is 2. The average Bonchev–Trinajstić information content (AvgIpc) is 2.26. The number of hydrogen-bond acceptors (Lipinski definition) is 5. The van der Waals surface area contributed by atoms with Gasteiger partial charge in [0.15, 0.2) is 5.69 Å². The number of hydrogen-bond donors (Lipinski definition) is 2. The van der Waals surface area contributed by atoms with Crippen LogP contribution in [-0.2, 0) is 6.18 Å². The molecule has 0 aliphatic carbocycles. The molecule has 0 radical (unpaired) electrons. The number of nitrogens with one attached hydrogen (secondary N) is 1. The first-order valence-electron chi connectivity index (χ1n) is 6.01. The SMILES string of the molecule is CN1CCCC(Nc2cc(C(F)(F)F)nc(N)n2)C1. The van der Waals surface area contributed by atoms with Crippen LogP contribution in [0.4, 0.5) is 24.9 Å². The number of likely N-dealkylation sites (tertiary alicyclic amines) is 1. The lowest BCUT2D eigenvalue weighted by Crippen LogP contribution is -2.40. The Bertz CT molecular complexity index is 448. The van der Waals surface area contributed by atoms with Crippen LogP contribution in [0.5, 0.6) is 0 Å². The largest absolute Gasteiger partial charge is 0.433 e. The fourth-order valence-electron chi connectivity index (χ4n) is 2.18. The summed E-state index contributed by atoms with van der Waals surface area (Å²) < 4.78 is 37.8. The van der Waals surface area contributed by atoms with Gasteiger partial charge in [-0.2, -0.15) is 18.2 Å². The molecule has 2 rings (SSSR count). The summed E-state index contributed by atoms with van der Waals surface area (Å²) >= 11 is 0. The predicted molar refractivity (Wildman–Crippen MR) is 65.6 cm³/mol. The van der Waals surface area contributed by atoms with Crippen LogP contribution in [0.15, 0.2) is 6.07 Å². The summed E-state index contributed by atoms with van der Waals surface area (Å²) in [4.78, 5) is 9.13. The summed E-state index contributed by atoms with van der Waals surface area (Å²) in [5.74, 6) is -0.249. The molecule has 3 N–H and O–H groups in total. The number of piperidine rings is 1. The molecular weight excluding hydrogens is 259 g/mol. The molecule has 8 heteroatoms. The Kier molecular flexibility index (Phi) is 3.79. The van der Waals surface area contributed by atoms with Crippen molar-refractivity contribution in [3.63, 3.8) is 0 Å². The van der Waals surface area contributed by atoms with Crippen LogP contribution >= 0.6 is 0 Å². The van der Waals surface area contributed by atoms with Crippen LogP contribution in [-0.4, -0.2) is 41.0 Å². The Morgan fingerprint density at radius 1 is 1.42 bits per heavy atom. The summed E-state index contributed by atoms with van der Waals surface area (Å²) in [5, 5.41) is 2.99. The zero-order valence-corrected chi connectivity index (χ0v) is 10.5. The van der Waals surface area contributed by atoms with Crippen LogP contribution in [0.25, 0.3) is 0 Å². The Labute approximate surface area is 109 Å². The maximum Gasteiger partial charge on any atom is 0.433 e. The third-order valence-electron chi connectivity index (χ3n) is 3.01. The summed E-state index contributed by atoms with van der Waals surface area (Å²) in [6.07, 6.45) is -2.62. The molecule has 1 aromatic rings. The van der Waals surface area contributed by atoms with Gasteiger partial charge in [-0.1, -0.05) is 0 Å². The second-order valence-electron chi connectivity index (χ2n) is 4.74. The Hall–Kier alpha value is -1.57. The molecule has 1 aliphatic rings. The van der Waals surface area contributed by atoms with Crippen LogP contribution in [0.2, 0.25) is 0 Å². The average molecular weight is 275 g/mol. The van der Waals surface area contributed by atoms with E-state index in [0.717, 1.165) is 32.0 Å². The van der Waals surface area contributed by atoms with E-state index in [4.69, 9.17) is 5.73 Å². The molecule has 5 nitrogen and oxygen atoms in total. The normalized spacial score (nSPS) is 21.4. The summed E-state index contributed by atoms with van der Waals surface area (Å²) in [6.45, 7) is 1.77. The Morgan fingerprint density at radius 3 is 2.79 bits per heavy atom. The van der Waals surface area contributed by atoms with E-state index in [1.165, 1.54) is 0 Å². The maximum atomic E-state index is 12.6. The second-order valence-corrected chi connectivity index (χ2v) is 4.74. The van der Waals surface area contributed by atoms with Crippen molar-refractivity contribution in [2.45, 2.75) is 25.1 Å². The first kappa shape index (κ1) is 13.9. The molecule has 0 aromatic carbocycles. The zero-order chi connectivity index (χ0) is 14.0. The monoisotopic (exact) mass is 275 g/mol. The van der Waals surface area contributed by atoms with Crippen LogP contribution in [0.3, 0.4) is 0 Å². The molecule has 19 heavy (non-hydrogen) atoms. The number of rotatable bonds is 2. The molecule has 2 heterocycles. The van der Waals surface area contributed by atoms with Gasteiger partial charge in [0.25, 0.3) is 0 Å². The second kappa shape index (κ2) is 5.20. The molecule has 0 saturated carbocycles. The fourth-order valence-corrected chi connectivity index (χ4v) is 2.18. The number of anilines is 2. The van der Waals surface area contributed by atoms with E-state index in [9.17, 15) is 13.2 Å². The van der Waals surface area contributed by atoms with Crippen molar-refractivity contribution in [2.75, 3.05) is 31.2 Å². The van der Waals surface area contributed by atoms with Gasteiger partial charge in [-0.25, -0.2) is 4.98 Å². The number of alkyl halides is 3. The summed E-state index contributed by atoms with van der Waals surface area (Å²) in [5.41, 5.74) is 4.29. The standard InChI is InChI=1S/C11H16F3N5/c1-19-4-2-3-7(6-19)16-9-5-8(11(12,13)14)17-10(15)18-9/h5,7H,2-4,6H2,1H3,(H3,15,16,17,18). The molecule has 1 fully saturated rings. The number of nitrogens with zero attached hydrogens (tertiary/aromatic N) is 3. The van der Waals surface area contributed by atoms with E-state index in [0.29, 0.717) is 0 Å². The molecular formula is C11H16F3N5. The molecule has 1 aromatic heterocycles. The third kappa shape index (κ3) is 3.69. The number of nitrogen functional groups attached to an aromatic ring is 1. The lowest BCUT2D eigenvalue weighted by Gasteiger charge is -2.30. The van der Waals surface area contributed by atoms with E-state index in [2.05, 4.69) is 20.2 Å². The Morgan fingerprint density at radius 2 is 2.16 bits per heavy atom. The van der Waals surface area contributed by atoms with Crippen LogP contribution < -0.4 is 11.1 Å². The smallest absolute Gasteiger partial charge is 0.368 e. The van der Waals surface area contributed by atoms with Gasteiger partial charge in [-0.15, -0.1) is 0 Å². The highest BCUT2D eigenvalue weighted by Gasteiger charge is 2.33. The van der Waals surface area contributed by atoms with Gasteiger partial charge in [0.05, 0.1) is 0 Å². The fraction of sp³-hybridized carbons (Fsp3) is 0.636. The van der Waals surface area contributed by atoms with Crippen molar-refractivity contribution in [1.82, 2.24) is 14.9 Å².